The van der Waals surface area contributed by atoms with E-state index in [-0.39, 0.29) is 17.8 Å². The zero-order chi connectivity index (χ0) is 24.8. The number of esters is 1. The van der Waals surface area contributed by atoms with Crippen LogP contribution in [-0.2, 0) is 23.9 Å². The monoisotopic (exact) mass is 444 g/mol. The highest BCUT2D eigenvalue weighted by molar-refractivity contribution is 5.90. The Morgan fingerprint density at radius 3 is 1.42 bits per heavy atom. The Morgan fingerprint density at radius 1 is 0.677 bits per heavy atom. The van der Waals surface area contributed by atoms with Gasteiger partial charge in [0.1, 0.15) is 18.2 Å². The summed E-state index contributed by atoms with van der Waals surface area (Å²) < 4.78 is 5.54. The molecule has 2 amide bonds. The van der Waals surface area contributed by atoms with E-state index in [1.807, 2.05) is 0 Å². The topological polar surface area (TPSA) is 124 Å². The van der Waals surface area contributed by atoms with Gasteiger partial charge in [-0.3, -0.25) is 9.59 Å². The van der Waals surface area contributed by atoms with E-state index < -0.39 is 54.0 Å². The summed E-state index contributed by atoms with van der Waals surface area (Å²) in [6.45, 7) is 13.6. The molecule has 0 aliphatic heterocycles. The lowest BCUT2D eigenvalue weighted by atomic mass is 9.98. The first kappa shape index (κ1) is 28.8. The van der Waals surface area contributed by atoms with Gasteiger partial charge >= 0.3 is 11.9 Å². The molecule has 9 nitrogen and oxygen atoms in total. The molecule has 0 aliphatic rings. The summed E-state index contributed by atoms with van der Waals surface area (Å²) in [5.74, 6) is -4.60. The zero-order valence-electron chi connectivity index (χ0n) is 20.4. The van der Waals surface area contributed by atoms with Gasteiger partial charge in [0, 0.05) is 14.1 Å². The highest BCUT2D eigenvalue weighted by Crippen LogP contribution is 2.20. The molecule has 0 saturated heterocycles. The molecule has 0 radical (unpaired) electrons. The molecule has 0 aromatic carbocycles. The summed E-state index contributed by atoms with van der Waals surface area (Å²) in [6, 6.07) is -2.08. The number of carboxylic acids is 1. The Bertz CT molecular complexity index is 646. The molecule has 9 heteroatoms. The molecule has 0 aromatic heterocycles. The fourth-order valence-electron chi connectivity index (χ4n) is 3.41. The van der Waals surface area contributed by atoms with Crippen LogP contribution < -0.4 is 0 Å². The molecule has 0 rings (SSSR count). The van der Waals surface area contributed by atoms with E-state index in [1.54, 1.807) is 55.4 Å². The summed E-state index contributed by atoms with van der Waals surface area (Å²) in [5, 5.41) is 19.6. The molecule has 31 heavy (non-hydrogen) atoms. The van der Waals surface area contributed by atoms with Crippen LogP contribution in [0.25, 0.3) is 0 Å². The van der Waals surface area contributed by atoms with Crippen molar-refractivity contribution in [1.29, 1.82) is 0 Å². The van der Waals surface area contributed by atoms with E-state index >= 15 is 0 Å². The van der Waals surface area contributed by atoms with Crippen LogP contribution >= 0.6 is 0 Å². The number of carbonyl (C=O) groups is 4. The highest BCUT2D eigenvalue weighted by Gasteiger charge is 2.40. The predicted octanol–water partition coefficient (Wildman–Crippen LogP) is 1.62. The number of aliphatic hydroxyl groups is 1. The summed E-state index contributed by atoms with van der Waals surface area (Å²) in [7, 11) is 2.79. The average Bonchev–Trinajstić information content (AvgIpc) is 2.62. The molecule has 0 unspecified atom stereocenters. The van der Waals surface area contributed by atoms with Gasteiger partial charge in [-0.1, -0.05) is 55.4 Å². The third-order valence-electron chi connectivity index (χ3n) is 5.26. The average molecular weight is 445 g/mol. The van der Waals surface area contributed by atoms with E-state index in [9.17, 15) is 29.4 Å². The molecule has 0 heterocycles. The van der Waals surface area contributed by atoms with E-state index in [2.05, 4.69) is 0 Å². The minimum Gasteiger partial charge on any atom is -0.480 e. The number of aliphatic carboxylic acids is 1. The molecule has 4 atom stereocenters. The molecule has 2 N–H and O–H groups in total. The van der Waals surface area contributed by atoms with Gasteiger partial charge in [-0.15, -0.1) is 0 Å². The number of likely N-dealkylation sites (N-methyl/N-ethyl adjacent to an activating group) is 2. The zero-order valence-corrected chi connectivity index (χ0v) is 20.4. The van der Waals surface area contributed by atoms with Gasteiger partial charge in [0.25, 0.3) is 11.8 Å². The van der Waals surface area contributed by atoms with E-state index in [0.717, 1.165) is 9.80 Å². The fraction of sp³-hybridized carbons (Fsp3) is 0.818. The summed E-state index contributed by atoms with van der Waals surface area (Å²) in [6.07, 6.45) is -2.48. The first-order chi connectivity index (χ1) is 14.1. The second-order valence-corrected chi connectivity index (χ2v) is 9.40. The smallest absolute Gasteiger partial charge is 0.329 e. The van der Waals surface area contributed by atoms with Crippen molar-refractivity contribution in [2.24, 2.45) is 23.7 Å². The third kappa shape index (κ3) is 7.48. The van der Waals surface area contributed by atoms with Crippen LogP contribution in [0.1, 0.15) is 55.4 Å². The Hall–Kier alpha value is -2.16. The SMILES string of the molecule is CC(C)[C@@H](C(=O)O[C@@H](C(=O)N(C)[C@H](C(=O)O)C(C)C)C(C)C)N(C)C(=O)[C@H](O)C(C)C. The molecular formula is C22H40N2O7. The fourth-order valence-corrected chi connectivity index (χ4v) is 3.41. The van der Waals surface area contributed by atoms with Gasteiger partial charge in [-0.05, 0) is 23.7 Å². The van der Waals surface area contributed by atoms with Crippen molar-refractivity contribution in [2.45, 2.75) is 79.7 Å². The van der Waals surface area contributed by atoms with Crippen LogP contribution in [0.3, 0.4) is 0 Å². The van der Waals surface area contributed by atoms with Crippen LogP contribution in [0, 0.1) is 23.7 Å². The summed E-state index contributed by atoms with van der Waals surface area (Å²) in [4.78, 5) is 52.5. The van der Waals surface area contributed by atoms with E-state index in [4.69, 9.17) is 4.74 Å². The van der Waals surface area contributed by atoms with Gasteiger partial charge in [0.2, 0.25) is 0 Å². The number of rotatable bonds is 11. The van der Waals surface area contributed by atoms with Crippen LogP contribution in [0.2, 0.25) is 0 Å². The quantitative estimate of drug-likeness (QED) is 0.464. The van der Waals surface area contributed by atoms with Gasteiger partial charge in [0.05, 0.1) is 0 Å². The van der Waals surface area contributed by atoms with Crippen molar-refractivity contribution in [3.05, 3.63) is 0 Å². The standard InChI is InChI=1S/C22H40N2O7/c1-11(2)15(21(28)29)23(9)20(27)18(14(7)8)31-22(30)16(12(3)4)24(10)19(26)17(25)13(5)6/h11-18,25H,1-10H3,(H,28,29)/t15-,16-,17+,18+/m0/s1. The van der Waals surface area contributed by atoms with Crippen molar-refractivity contribution in [1.82, 2.24) is 9.80 Å². The molecule has 0 saturated carbocycles. The van der Waals surface area contributed by atoms with Crippen LogP contribution in [0.15, 0.2) is 0 Å². The lowest BCUT2D eigenvalue weighted by Gasteiger charge is -2.35. The van der Waals surface area contributed by atoms with Crippen LogP contribution in [-0.4, -0.2) is 82.2 Å². The number of carboxylic acid groups (broad SMARTS) is 1. The second-order valence-electron chi connectivity index (χ2n) is 9.40. The van der Waals surface area contributed by atoms with Crippen LogP contribution in [0.4, 0.5) is 0 Å². The maximum atomic E-state index is 13.0. The Morgan fingerprint density at radius 2 is 1.10 bits per heavy atom. The molecule has 0 aromatic rings. The molecule has 0 bridgehead atoms. The first-order valence-corrected chi connectivity index (χ1v) is 10.7. The van der Waals surface area contributed by atoms with Gasteiger partial charge < -0.3 is 24.7 Å². The van der Waals surface area contributed by atoms with Crippen molar-refractivity contribution in [3.63, 3.8) is 0 Å². The number of hydrogen-bond donors (Lipinski definition) is 2. The number of carbonyl (C=O) groups excluding carboxylic acids is 3. The molecular weight excluding hydrogens is 404 g/mol. The van der Waals surface area contributed by atoms with Gasteiger partial charge in [-0.25, -0.2) is 9.59 Å². The number of hydrogen-bond acceptors (Lipinski definition) is 6. The molecule has 0 spiro atoms. The minimum absolute atomic E-state index is 0.332. The second kappa shape index (κ2) is 12.0. The van der Waals surface area contributed by atoms with E-state index in [0.29, 0.717) is 0 Å². The van der Waals surface area contributed by atoms with Crippen molar-refractivity contribution in [3.8, 4) is 0 Å². The Labute approximate surface area is 185 Å². The maximum absolute atomic E-state index is 13.0. The van der Waals surface area contributed by atoms with Crippen molar-refractivity contribution < 1.29 is 34.1 Å². The highest BCUT2D eigenvalue weighted by atomic mass is 16.6. The summed E-state index contributed by atoms with van der Waals surface area (Å²) in [5.41, 5.74) is 0. The predicted molar refractivity (Wildman–Crippen MR) is 116 cm³/mol. The normalized spacial score (nSPS) is 15.6. The van der Waals surface area contributed by atoms with Crippen molar-refractivity contribution >= 4 is 23.8 Å². The van der Waals surface area contributed by atoms with E-state index in [1.165, 1.54) is 14.1 Å². The van der Waals surface area contributed by atoms with Gasteiger partial charge in [-0.2, -0.15) is 0 Å². The number of aliphatic hydroxyl groups excluding tert-OH is 1. The number of ether oxygens (including phenoxy) is 1. The minimum atomic E-state index is -1.27. The molecule has 0 aliphatic carbocycles. The van der Waals surface area contributed by atoms with Crippen molar-refractivity contribution in [2.75, 3.05) is 14.1 Å². The third-order valence-corrected chi connectivity index (χ3v) is 5.26. The Kier molecular flexibility index (Phi) is 11.2. The summed E-state index contributed by atoms with van der Waals surface area (Å²) >= 11 is 0. The lowest BCUT2D eigenvalue weighted by molar-refractivity contribution is -0.173. The lowest BCUT2D eigenvalue weighted by Crippen LogP contribution is -2.54. The number of nitrogens with zero attached hydrogens (tertiary/aromatic N) is 2. The Balaban J connectivity index is 5.77. The molecule has 0 fully saturated rings. The maximum Gasteiger partial charge on any atom is 0.329 e. The largest absolute Gasteiger partial charge is 0.480 e. The first-order valence-electron chi connectivity index (χ1n) is 10.7. The van der Waals surface area contributed by atoms with Gasteiger partial charge in [0.15, 0.2) is 6.10 Å². The van der Waals surface area contributed by atoms with Crippen LogP contribution in [0.5, 0.6) is 0 Å². The number of amides is 2. The molecule has 180 valence electrons.